The van der Waals surface area contributed by atoms with Gasteiger partial charge in [0.15, 0.2) is 0 Å². The summed E-state index contributed by atoms with van der Waals surface area (Å²) in [7, 11) is 0. The lowest BCUT2D eigenvalue weighted by Gasteiger charge is -2.44. The molecule has 29 heavy (non-hydrogen) atoms. The molecule has 0 aliphatic carbocycles. The zero-order valence-corrected chi connectivity index (χ0v) is 22.3. The Bertz CT molecular complexity index is 448. The Labute approximate surface area is 182 Å². The summed E-state index contributed by atoms with van der Waals surface area (Å²) in [6.07, 6.45) is 0.244. The van der Waals surface area contributed by atoms with E-state index in [0.717, 1.165) is 6.42 Å². The van der Waals surface area contributed by atoms with E-state index in [1.54, 1.807) is 0 Å². The molecule has 0 N–H and O–H groups in total. The van der Waals surface area contributed by atoms with Crippen molar-refractivity contribution >= 4 is 0 Å². The van der Waals surface area contributed by atoms with Crippen molar-refractivity contribution < 1.29 is 18.9 Å². The van der Waals surface area contributed by atoms with Gasteiger partial charge in [-0.1, -0.05) is 20.8 Å². The second kappa shape index (κ2) is 9.97. The van der Waals surface area contributed by atoms with Gasteiger partial charge in [-0.25, -0.2) is 0 Å². The first kappa shape index (κ1) is 28.8. The van der Waals surface area contributed by atoms with Gasteiger partial charge in [0, 0.05) is 0 Å². The summed E-state index contributed by atoms with van der Waals surface area (Å²) in [5, 5.41) is 0. The van der Waals surface area contributed by atoms with Crippen molar-refractivity contribution in [2.45, 2.75) is 151 Å². The topological polar surface area (TPSA) is 36.9 Å². The molecule has 0 saturated heterocycles. The van der Waals surface area contributed by atoms with Crippen LogP contribution < -0.4 is 0 Å². The fourth-order valence-corrected chi connectivity index (χ4v) is 3.06. The second-order valence-corrected chi connectivity index (χ2v) is 13.4. The third-order valence-corrected chi connectivity index (χ3v) is 3.73. The highest BCUT2D eigenvalue weighted by Crippen LogP contribution is 2.33. The van der Waals surface area contributed by atoms with Crippen molar-refractivity contribution in [1.29, 1.82) is 0 Å². The van der Waals surface area contributed by atoms with Crippen LogP contribution in [0.1, 0.15) is 110 Å². The van der Waals surface area contributed by atoms with Gasteiger partial charge in [-0.2, -0.15) is 0 Å². The maximum atomic E-state index is 6.63. The first-order chi connectivity index (χ1) is 12.5. The molecule has 176 valence electrons. The van der Waals surface area contributed by atoms with Gasteiger partial charge in [0.25, 0.3) is 0 Å². The molecule has 0 aromatic heterocycles. The predicted molar refractivity (Wildman–Crippen MR) is 124 cm³/mol. The highest BCUT2D eigenvalue weighted by molar-refractivity contribution is 4.88. The predicted octanol–water partition coefficient (Wildman–Crippen LogP) is 6.79. The molecule has 0 aromatic rings. The molecule has 4 nitrogen and oxygen atoms in total. The van der Waals surface area contributed by atoms with E-state index in [2.05, 4.69) is 104 Å². The second-order valence-electron chi connectivity index (χ2n) is 13.4. The summed E-state index contributed by atoms with van der Waals surface area (Å²) in [6, 6.07) is 0. The van der Waals surface area contributed by atoms with Crippen LogP contribution in [0.25, 0.3) is 0 Å². The minimum absolute atomic E-state index is 0.0899. The average Bonchev–Trinajstić information content (AvgIpc) is 2.33. The lowest BCUT2D eigenvalue weighted by molar-refractivity contribution is -0.237. The van der Waals surface area contributed by atoms with E-state index >= 15 is 0 Å². The van der Waals surface area contributed by atoms with Crippen LogP contribution >= 0.6 is 0 Å². The molecule has 0 amide bonds. The highest BCUT2D eigenvalue weighted by Gasteiger charge is 2.41. The molecule has 3 atom stereocenters. The van der Waals surface area contributed by atoms with Crippen LogP contribution in [-0.4, -0.2) is 47.3 Å². The third kappa shape index (κ3) is 16.2. The van der Waals surface area contributed by atoms with Gasteiger partial charge in [0.1, 0.15) is 12.2 Å². The summed E-state index contributed by atoms with van der Waals surface area (Å²) >= 11 is 0. The highest BCUT2D eigenvalue weighted by atomic mass is 16.6. The summed E-state index contributed by atoms with van der Waals surface area (Å²) in [5.74, 6) is 0. The van der Waals surface area contributed by atoms with Crippen LogP contribution in [0.5, 0.6) is 0 Å². The van der Waals surface area contributed by atoms with Crippen molar-refractivity contribution in [2.75, 3.05) is 6.61 Å². The van der Waals surface area contributed by atoms with E-state index in [0.29, 0.717) is 6.61 Å². The zero-order valence-electron chi connectivity index (χ0n) is 22.3. The normalized spacial score (nSPS) is 17.9. The van der Waals surface area contributed by atoms with E-state index in [9.17, 15) is 0 Å². The standard InChI is InChI=1S/C25H52O4/c1-21(2,3)16-18(27-23(7,8)9)20(29-25(13,14)15)19(28-24(10,11)12)17-26-22(4,5)6/h18-20H,16-17H2,1-15H3. The van der Waals surface area contributed by atoms with Gasteiger partial charge in [-0.15, -0.1) is 0 Å². The van der Waals surface area contributed by atoms with Gasteiger partial charge in [0.2, 0.25) is 0 Å². The van der Waals surface area contributed by atoms with E-state index in [1.165, 1.54) is 0 Å². The van der Waals surface area contributed by atoms with Crippen LogP contribution in [0.4, 0.5) is 0 Å². The Morgan fingerprint density at radius 2 is 0.862 bits per heavy atom. The summed E-state index contributed by atoms with van der Waals surface area (Å²) < 4.78 is 25.9. The molecular weight excluding hydrogens is 364 g/mol. The minimum atomic E-state index is -0.330. The Hall–Kier alpha value is -0.160. The Kier molecular flexibility index (Phi) is 9.92. The molecule has 0 fully saturated rings. The van der Waals surface area contributed by atoms with Crippen molar-refractivity contribution in [3.8, 4) is 0 Å². The number of hydrogen-bond acceptors (Lipinski definition) is 4. The third-order valence-electron chi connectivity index (χ3n) is 3.73. The molecule has 3 unspecified atom stereocenters. The van der Waals surface area contributed by atoms with Crippen LogP contribution in [-0.2, 0) is 18.9 Å². The molecule has 0 bridgehead atoms. The SMILES string of the molecule is CC(C)(C)CC(OC(C)(C)C)C(OC(C)(C)C)C(COC(C)(C)C)OC(C)(C)C. The van der Waals surface area contributed by atoms with Crippen molar-refractivity contribution in [3.05, 3.63) is 0 Å². The molecule has 0 spiro atoms. The Balaban J connectivity index is 6.12. The lowest BCUT2D eigenvalue weighted by atomic mass is 9.85. The van der Waals surface area contributed by atoms with Crippen LogP contribution in [0.2, 0.25) is 0 Å². The first-order valence-electron chi connectivity index (χ1n) is 11.1. The average molecular weight is 417 g/mol. The summed E-state index contributed by atoms with van der Waals surface area (Å²) in [5.41, 5.74) is -1.10. The molecular formula is C25H52O4. The number of rotatable bonds is 8. The molecule has 0 heterocycles. The van der Waals surface area contributed by atoms with Gasteiger partial charge < -0.3 is 18.9 Å². The van der Waals surface area contributed by atoms with Crippen molar-refractivity contribution in [3.63, 3.8) is 0 Å². The Morgan fingerprint density at radius 1 is 0.483 bits per heavy atom. The van der Waals surface area contributed by atoms with Crippen LogP contribution in [0.15, 0.2) is 0 Å². The van der Waals surface area contributed by atoms with E-state index in [1.807, 2.05) is 0 Å². The van der Waals surface area contributed by atoms with Gasteiger partial charge in [0.05, 0.1) is 35.1 Å². The van der Waals surface area contributed by atoms with E-state index in [-0.39, 0.29) is 46.1 Å². The fourth-order valence-electron chi connectivity index (χ4n) is 3.06. The maximum absolute atomic E-state index is 6.63. The van der Waals surface area contributed by atoms with E-state index < -0.39 is 0 Å². The smallest absolute Gasteiger partial charge is 0.113 e. The number of hydrogen-bond donors (Lipinski definition) is 0. The Morgan fingerprint density at radius 3 is 1.17 bits per heavy atom. The molecule has 0 aromatic carbocycles. The fraction of sp³-hybridized carbons (Fsp3) is 1.00. The molecule has 0 radical (unpaired) electrons. The van der Waals surface area contributed by atoms with Gasteiger partial charge in [-0.05, 0) is 94.9 Å². The molecule has 0 saturated carbocycles. The first-order valence-corrected chi connectivity index (χ1v) is 11.1. The van der Waals surface area contributed by atoms with Crippen LogP contribution in [0.3, 0.4) is 0 Å². The zero-order chi connectivity index (χ0) is 23.5. The maximum Gasteiger partial charge on any atom is 0.113 e. The summed E-state index contributed by atoms with van der Waals surface area (Å²) in [6.45, 7) is 32.2. The molecule has 0 aliphatic rings. The minimum Gasteiger partial charge on any atom is -0.373 e. The molecule has 4 heteroatoms. The molecule has 0 rings (SSSR count). The van der Waals surface area contributed by atoms with Gasteiger partial charge >= 0.3 is 0 Å². The van der Waals surface area contributed by atoms with Crippen LogP contribution in [0, 0.1) is 5.41 Å². The number of ether oxygens (including phenoxy) is 4. The monoisotopic (exact) mass is 416 g/mol. The summed E-state index contributed by atoms with van der Waals surface area (Å²) in [4.78, 5) is 0. The van der Waals surface area contributed by atoms with E-state index in [4.69, 9.17) is 18.9 Å². The molecule has 0 aliphatic heterocycles. The van der Waals surface area contributed by atoms with Gasteiger partial charge in [-0.3, -0.25) is 0 Å². The van der Waals surface area contributed by atoms with Crippen molar-refractivity contribution in [1.82, 2.24) is 0 Å². The lowest BCUT2D eigenvalue weighted by Crippen LogP contribution is -2.53. The quantitative estimate of drug-likeness (QED) is 0.436. The largest absolute Gasteiger partial charge is 0.373 e. The van der Waals surface area contributed by atoms with Crippen molar-refractivity contribution in [2.24, 2.45) is 5.41 Å².